The van der Waals surface area contributed by atoms with E-state index in [0.717, 1.165) is 29.5 Å². The van der Waals surface area contributed by atoms with E-state index in [1.165, 1.54) is 12.8 Å². The van der Waals surface area contributed by atoms with Crippen LogP contribution in [0, 0.1) is 12.8 Å². The molecular weight excluding hydrogens is 276 g/mol. The van der Waals surface area contributed by atoms with E-state index < -0.39 is 0 Å². The van der Waals surface area contributed by atoms with Crippen molar-refractivity contribution in [3.63, 3.8) is 0 Å². The quantitative estimate of drug-likeness (QED) is 0.814. The molecule has 0 saturated heterocycles. The average molecular weight is 299 g/mol. The van der Waals surface area contributed by atoms with Crippen molar-refractivity contribution in [1.29, 1.82) is 0 Å². The standard InChI is InChI=1S/C15H22N2O2.ClH/c1-3-19-14-8-11(2)4-7-13(14)17-15(18)10-16-9-12-5-6-12;/h4,7-8,12,16H,3,5-6,9-10H2,1-2H3,(H,17,18);1H. The molecule has 1 amide bonds. The Bertz CT molecular complexity index is 447. The first-order valence-corrected chi connectivity index (χ1v) is 6.93. The van der Waals surface area contributed by atoms with E-state index in [9.17, 15) is 4.79 Å². The van der Waals surface area contributed by atoms with Gasteiger partial charge in [0, 0.05) is 0 Å². The zero-order valence-corrected chi connectivity index (χ0v) is 12.9. The number of nitrogens with one attached hydrogen (secondary N) is 2. The summed E-state index contributed by atoms with van der Waals surface area (Å²) in [6, 6.07) is 5.80. The molecule has 1 aliphatic rings. The fourth-order valence-corrected chi connectivity index (χ4v) is 1.91. The van der Waals surface area contributed by atoms with Crippen molar-refractivity contribution < 1.29 is 9.53 Å². The lowest BCUT2D eigenvalue weighted by Gasteiger charge is -2.12. The van der Waals surface area contributed by atoms with Gasteiger partial charge in [-0.1, -0.05) is 6.07 Å². The highest BCUT2D eigenvalue weighted by molar-refractivity contribution is 5.93. The number of anilines is 1. The van der Waals surface area contributed by atoms with E-state index in [-0.39, 0.29) is 18.3 Å². The molecule has 20 heavy (non-hydrogen) atoms. The number of benzene rings is 1. The lowest BCUT2D eigenvalue weighted by atomic mass is 10.2. The molecule has 0 aliphatic heterocycles. The molecule has 0 radical (unpaired) electrons. The van der Waals surface area contributed by atoms with Gasteiger partial charge in [-0.2, -0.15) is 0 Å². The smallest absolute Gasteiger partial charge is 0.238 e. The van der Waals surface area contributed by atoms with Crippen molar-refractivity contribution in [3.8, 4) is 5.75 Å². The molecule has 0 heterocycles. The van der Waals surface area contributed by atoms with Crippen molar-refractivity contribution >= 4 is 24.0 Å². The Morgan fingerprint density at radius 2 is 2.15 bits per heavy atom. The third-order valence-corrected chi connectivity index (χ3v) is 3.13. The summed E-state index contributed by atoms with van der Waals surface area (Å²) in [5, 5.41) is 6.07. The number of ether oxygens (including phenoxy) is 1. The number of carbonyl (C=O) groups is 1. The molecule has 0 bridgehead atoms. The van der Waals surface area contributed by atoms with Crippen LogP contribution in [0.1, 0.15) is 25.3 Å². The first-order chi connectivity index (χ1) is 9.19. The van der Waals surface area contributed by atoms with Gasteiger partial charge in [0.2, 0.25) is 5.91 Å². The molecule has 1 aromatic carbocycles. The van der Waals surface area contributed by atoms with Crippen molar-refractivity contribution in [2.45, 2.75) is 26.7 Å². The van der Waals surface area contributed by atoms with Gasteiger partial charge in [-0.15, -0.1) is 12.4 Å². The van der Waals surface area contributed by atoms with Gasteiger partial charge in [0.25, 0.3) is 0 Å². The Hall–Kier alpha value is -1.26. The van der Waals surface area contributed by atoms with Crippen LogP contribution in [0.2, 0.25) is 0 Å². The van der Waals surface area contributed by atoms with Crippen LogP contribution in [0.4, 0.5) is 5.69 Å². The molecule has 0 spiro atoms. The molecule has 1 aromatic rings. The Kier molecular flexibility index (Phi) is 6.82. The molecule has 1 fully saturated rings. The van der Waals surface area contributed by atoms with Crippen LogP contribution in [0.25, 0.3) is 0 Å². The number of hydrogen-bond acceptors (Lipinski definition) is 3. The summed E-state index contributed by atoms with van der Waals surface area (Å²) in [4.78, 5) is 11.8. The molecular formula is C15H23ClN2O2. The molecule has 2 rings (SSSR count). The molecule has 0 unspecified atom stereocenters. The van der Waals surface area contributed by atoms with Crippen molar-refractivity contribution in [2.24, 2.45) is 5.92 Å². The summed E-state index contributed by atoms with van der Waals surface area (Å²) in [7, 11) is 0. The summed E-state index contributed by atoms with van der Waals surface area (Å²) in [5.41, 5.74) is 1.86. The van der Waals surface area contributed by atoms with E-state index in [1.807, 2.05) is 32.0 Å². The summed E-state index contributed by atoms with van der Waals surface area (Å²) >= 11 is 0. The van der Waals surface area contributed by atoms with Crippen molar-refractivity contribution in [2.75, 3.05) is 25.0 Å². The lowest BCUT2D eigenvalue weighted by molar-refractivity contribution is -0.115. The molecule has 5 heteroatoms. The molecule has 0 aromatic heterocycles. The van der Waals surface area contributed by atoms with Crippen LogP contribution in [0.15, 0.2) is 18.2 Å². The number of amides is 1. The minimum Gasteiger partial charge on any atom is -0.492 e. The van der Waals surface area contributed by atoms with Crippen LogP contribution >= 0.6 is 12.4 Å². The number of hydrogen-bond donors (Lipinski definition) is 2. The monoisotopic (exact) mass is 298 g/mol. The second-order valence-electron chi connectivity index (χ2n) is 5.06. The minimum atomic E-state index is -0.0227. The first-order valence-electron chi connectivity index (χ1n) is 6.93. The molecule has 0 atom stereocenters. The zero-order chi connectivity index (χ0) is 13.7. The molecule has 4 nitrogen and oxygen atoms in total. The van der Waals surface area contributed by atoms with Gasteiger partial charge in [-0.25, -0.2) is 0 Å². The average Bonchev–Trinajstić information content (AvgIpc) is 3.17. The Balaban J connectivity index is 0.00000200. The number of rotatable bonds is 7. The van der Waals surface area contributed by atoms with Crippen LogP contribution < -0.4 is 15.4 Å². The Morgan fingerprint density at radius 3 is 2.80 bits per heavy atom. The first kappa shape index (κ1) is 16.8. The summed E-state index contributed by atoms with van der Waals surface area (Å²) in [5.74, 6) is 1.50. The fourth-order valence-electron chi connectivity index (χ4n) is 1.91. The maximum Gasteiger partial charge on any atom is 0.238 e. The van der Waals surface area contributed by atoms with Gasteiger partial charge in [0.1, 0.15) is 5.75 Å². The van der Waals surface area contributed by atoms with Crippen LogP contribution in [-0.2, 0) is 4.79 Å². The third kappa shape index (κ3) is 5.39. The van der Waals surface area contributed by atoms with E-state index in [2.05, 4.69) is 10.6 Å². The van der Waals surface area contributed by atoms with Gasteiger partial charge < -0.3 is 15.4 Å². The third-order valence-electron chi connectivity index (χ3n) is 3.13. The van der Waals surface area contributed by atoms with E-state index >= 15 is 0 Å². The van der Waals surface area contributed by atoms with E-state index in [1.54, 1.807) is 0 Å². The van der Waals surface area contributed by atoms with Crippen molar-refractivity contribution in [1.82, 2.24) is 5.32 Å². The fraction of sp³-hybridized carbons (Fsp3) is 0.533. The van der Waals surface area contributed by atoms with Gasteiger partial charge in [-0.3, -0.25) is 4.79 Å². The zero-order valence-electron chi connectivity index (χ0n) is 12.1. The Labute approximate surface area is 126 Å². The molecule has 1 saturated carbocycles. The summed E-state index contributed by atoms with van der Waals surface area (Å²) in [6.45, 7) is 5.83. The normalized spacial score (nSPS) is 13.5. The topological polar surface area (TPSA) is 50.4 Å². The molecule has 1 aliphatic carbocycles. The van der Waals surface area contributed by atoms with E-state index in [4.69, 9.17) is 4.74 Å². The van der Waals surface area contributed by atoms with Crippen LogP contribution in [0.5, 0.6) is 5.75 Å². The predicted molar refractivity (Wildman–Crippen MR) is 83.8 cm³/mol. The molecule has 2 N–H and O–H groups in total. The summed E-state index contributed by atoms with van der Waals surface area (Å²) in [6.07, 6.45) is 2.59. The van der Waals surface area contributed by atoms with Crippen LogP contribution in [0.3, 0.4) is 0 Å². The Morgan fingerprint density at radius 1 is 1.40 bits per heavy atom. The van der Waals surface area contributed by atoms with Gasteiger partial charge in [0.05, 0.1) is 18.8 Å². The van der Waals surface area contributed by atoms with E-state index in [0.29, 0.717) is 13.2 Å². The lowest BCUT2D eigenvalue weighted by Crippen LogP contribution is -2.29. The maximum atomic E-state index is 11.8. The summed E-state index contributed by atoms with van der Waals surface area (Å²) < 4.78 is 5.54. The predicted octanol–water partition coefficient (Wildman–Crippen LogP) is 2.75. The number of aryl methyl sites for hydroxylation is 1. The van der Waals surface area contributed by atoms with Crippen molar-refractivity contribution in [3.05, 3.63) is 23.8 Å². The van der Waals surface area contributed by atoms with Gasteiger partial charge in [-0.05, 0) is 56.8 Å². The minimum absolute atomic E-state index is 0. The highest BCUT2D eigenvalue weighted by Gasteiger charge is 2.20. The van der Waals surface area contributed by atoms with Gasteiger partial charge in [0.15, 0.2) is 0 Å². The number of carbonyl (C=O) groups excluding carboxylic acids is 1. The highest BCUT2D eigenvalue weighted by atomic mass is 35.5. The second kappa shape index (κ2) is 8.12. The second-order valence-corrected chi connectivity index (χ2v) is 5.06. The molecule has 112 valence electrons. The largest absolute Gasteiger partial charge is 0.492 e. The highest BCUT2D eigenvalue weighted by Crippen LogP contribution is 2.27. The van der Waals surface area contributed by atoms with Gasteiger partial charge >= 0.3 is 0 Å². The maximum absolute atomic E-state index is 11.8. The van der Waals surface area contributed by atoms with Crippen LogP contribution in [-0.4, -0.2) is 25.6 Å². The number of halogens is 1. The SMILES string of the molecule is CCOc1cc(C)ccc1NC(=O)CNCC1CC1.Cl.